The van der Waals surface area contributed by atoms with Crippen LogP contribution >= 0.6 is 0 Å². The Morgan fingerprint density at radius 1 is 1.07 bits per heavy atom. The number of carbonyl (C=O) groups excluding carboxylic acids is 1. The Balaban J connectivity index is 1.70. The van der Waals surface area contributed by atoms with Gasteiger partial charge in [-0.1, -0.05) is 60.2 Å². The van der Waals surface area contributed by atoms with Gasteiger partial charge < -0.3 is 14.5 Å². The number of aromatic nitrogens is 1. The van der Waals surface area contributed by atoms with Gasteiger partial charge in [0.1, 0.15) is 6.26 Å². The molecule has 6 heteroatoms. The number of hydrogen-bond acceptors (Lipinski definition) is 5. The molecule has 0 spiro atoms. The second-order valence-corrected chi connectivity index (χ2v) is 6.99. The van der Waals surface area contributed by atoms with Gasteiger partial charge in [0.2, 0.25) is 5.89 Å². The van der Waals surface area contributed by atoms with Crippen LogP contribution in [0.5, 0.6) is 0 Å². The predicted molar refractivity (Wildman–Crippen MR) is 111 cm³/mol. The lowest BCUT2D eigenvalue weighted by Crippen LogP contribution is -2.27. The maximum absolute atomic E-state index is 12.1. The fourth-order valence-electron chi connectivity index (χ4n) is 3.11. The van der Waals surface area contributed by atoms with E-state index >= 15 is 0 Å². The van der Waals surface area contributed by atoms with E-state index in [1.54, 1.807) is 7.11 Å². The maximum atomic E-state index is 12.1. The summed E-state index contributed by atoms with van der Waals surface area (Å²) in [6.07, 6.45) is 1.41. The number of nitrogens with one attached hydrogen (secondary N) is 1. The van der Waals surface area contributed by atoms with E-state index in [0.29, 0.717) is 25.6 Å². The average molecular weight is 393 g/mol. The minimum Gasteiger partial charge on any atom is -0.447 e. The molecule has 0 bridgehead atoms. The zero-order chi connectivity index (χ0) is 20.5. The summed E-state index contributed by atoms with van der Waals surface area (Å²) < 4.78 is 10.5. The molecular weight excluding hydrogens is 366 g/mol. The molecular formula is C23H27N3O3. The van der Waals surface area contributed by atoms with E-state index in [-0.39, 0.29) is 11.6 Å². The quantitative estimate of drug-likeness (QED) is 0.534. The Morgan fingerprint density at radius 3 is 2.59 bits per heavy atom. The van der Waals surface area contributed by atoms with Crippen molar-refractivity contribution in [3.63, 3.8) is 0 Å². The van der Waals surface area contributed by atoms with Gasteiger partial charge in [-0.05, 0) is 18.1 Å². The average Bonchev–Trinajstić information content (AvgIpc) is 3.17. The molecule has 3 rings (SSSR count). The number of benzene rings is 2. The molecule has 0 aliphatic rings. The van der Waals surface area contributed by atoms with Crippen LogP contribution in [0.4, 0.5) is 0 Å². The van der Waals surface area contributed by atoms with Gasteiger partial charge in [-0.15, -0.1) is 0 Å². The summed E-state index contributed by atoms with van der Waals surface area (Å²) in [5, 5.41) is 2.75. The van der Waals surface area contributed by atoms with Crippen LogP contribution in [0.3, 0.4) is 0 Å². The summed E-state index contributed by atoms with van der Waals surface area (Å²) in [5.74, 6) is 0.260. The smallest absolute Gasteiger partial charge is 0.273 e. The van der Waals surface area contributed by atoms with Crippen LogP contribution in [0.1, 0.15) is 33.1 Å². The molecule has 6 nitrogen and oxygen atoms in total. The van der Waals surface area contributed by atoms with Gasteiger partial charge in [-0.3, -0.25) is 9.69 Å². The van der Waals surface area contributed by atoms with Crippen LogP contribution < -0.4 is 5.32 Å². The van der Waals surface area contributed by atoms with Crippen molar-refractivity contribution in [1.82, 2.24) is 15.2 Å². The second-order valence-electron chi connectivity index (χ2n) is 6.99. The number of rotatable bonds is 10. The van der Waals surface area contributed by atoms with Crippen molar-refractivity contribution >= 4 is 5.91 Å². The highest BCUT2D eigenvalue weighted by Gasteiger charge is 2.15. The van der Waals surface area contributed by atoms with Crippen molar-refractivity contribution in [2.75, 3.05) is 20.3 Å². The number of carbonyl (C=O) groups is 1. The number of nitrogens with zero attached hydrogens (tertiary/aromatic N) is 2. The first-order valence-corrected chi connectivity index (χ1v) is 9.67. The lowest BCUT2D eigenvalue weighted by atomic mass is 10.1. The van der Waals surface area contributed by atoms with Gasteiger partial charge in [0.25, 0.3) is 5.91 Å². The first-order valence-electron chi connectivity index (χ1n) is 9.67. The van der Waals surface area contributed by atoms with Crippen molar-refractivity contribution in [1.29, 1.82) is 0 Å². The van der Waals surface area contributed by atoms with Crippen molar-refractivity contribution in [2.24, 2.45) is 0 Å². The number of hydrogen-bond donors (Lipinski definition) is 1. The summed E-state index contributed by atoms with van der Waals surface area (Å²) in [7, 11) is 1.59. The van der Waals surface area contributed by atoms with Gasteiger partial charge >= 0.3 is 0 Å². The topological polar surface area (TPSA) is 67.6 Å². The molecule has 0 aliphatic carbocycles. The van der Waals surface area contributed by atoms with E-state index in [2.05, 4.69) is 58.5 Å². The van der Waals surface area contributed by atoms with Crippen LogP contribution in [0.2, 0.25) is 0 Å². The molecule has 0 saturated heterocycles. The first-order chi connectivity index (χ1) is 14.1. The molecule has 0 radical (unpaired) electrons. The summed E-state index contributed by atoms with van der Waals surface area (Å²) >= 11 is 0. The minimum atomic E-state index is -0.259. The molecule has 0 unspecified atom stereocenters. The Labute approximate surface area is 171 Å². The van der Waals surface area contributed by atoms with Crippen LogP contribution in [0, 0.1) is 6.92 Å². The largest absolute Gasteiger partial charge is 0.447 e. The Kier molecular flexibility index (Phi) is 7.55. The third-order valence-corrected chi connectivity index (χ3v) is 4.47. The fraction of sp³-hybridized carbons (Fsp3) is 0.304. The molecule has 0 atom stereocenters. The van der Waals surface area contributed by atoms with Crippen LogP contribution in [0.15, 0.2) is 65.3 Å². The highest BCUT2D eigenvalue weighted by atomic mass is 16.5. The molecule has 1 heterocycles. The van der Waals surface area contributed by atoms with E-state index < -0.39 is 0 Å². The summed E-state index contributed by atoms with van der Waals surface area (Å²) in [4.78, 5) is 18.8. The van der Waals surface area contributed by atoms with Gasteiger partial charge in [-0.25, -0.2) is 4.98 Å². The van der Waals surface area contributed by atoms with Crippen molar-refractivity contribution < 1.29 is 13.9 Å². The molecule has 0 saturated carbocycles. The summed E-state index contributed by atoms with van der Waals surface area (Å²) in [6.45, 7) is 5.01. The molecule has 2 aromatic carbocycles. The van der Waals surface area contributed by atoms with Gasteiger partial charge in [-0.2, -0.15) is 0 Å². The lowest BCUT2D eigenvalue weighted by molar-refractivity contribution is 0.0932. The van der Waals surface area contributed by atoms with Gasteiger partial charge in [0.05, 0.1) is 13.2 Å². The summed E-state index contributed by atoms with van der Waals surface area (Å²) in [5.41, 5.74) is 3.95. The minimum absolute atomic E-state index is 0.259. The Hall–Kier alpha value is -2.96. The van der Waals surface area contributed by atoms with E-state index in [1.165, 1.54) is 23.0 Å². The van der Waals surface area contributed by atoms with E-state index in [4.69, 9.17) is 9.15 Å². The van der Waals surface area contributed by atoms with Gasteiger partial charge in [0.15, 0.2) is 5.69 Å². The monoisotopic (exact) mass is 393 g/mol. The molecule has 1 N–H and O–H groups in total. The normalized spacial score (nSPS) is 11.0. The molecule has 152 valence electrons. The molecule has 1 aromatic heterocycles. The zero-order valence-corrected chi connectivity index (χ0v) is 16.9. The predicted octanol–water partition coefficient (Wildman–Crippen LogP) is 3.56. The SMILES string of the molecule is COCCNC(=O)c1coc(CN(Cc2ccccc2)Cc2cccc(C)c2)n1. The number of oxazole rings is 1. The highest BCUT2D eigenvalue weighted by Crippen LogP contribution is 2.15. The zero-order valence-electron chi connectivity index (χ0n) is 16.9. The third-order valence-electron chi connectivity index (χ3n) is 4.47. The fourth-order valence-corrected chi connectivity index (χ4v) is 3.11. The number of ether oxygens (including phenoxy) is 1. The summed E-state index contributed by atoms with van der Waals surface area (Å²) in [6, 6.07) is 18.8. The number of amides is 1. The maximum Gasteiger partial charge on any atom is 0.273 e. The number of methoxy groups -OCH3 is 1. The van der Waals surface area contributed by atoms with Crippen LogP contribution in [-0.2, 0) is 24.4 Å². The molecule has 29 heavy (non-hydrogen) atoms. The molecule has 0 aliphatic heterocycles. The number of aryl methyl sites for hydroxylation is 1. The van der Waals surface area contributed by atoms with Crippen LogP contribution in [-0.4, -0.2) is 36.1 Å². The van der Waals surface area contributed by atoms with E-state index in [0.717, 1.165) is 13.1 Å². The second kappa shape index (κ2) is 10.5. The van der Waals surface area contributed by atoms with E-state index in [9.17, 15) is 4.79 Å². The van der Waals surface area contributed by atoms with E-state index in [1.807, 2.05) is 18.2 Å². The molecule has 3 aromatic rings. The third kappa shape index (κ3) is 6.55. The highest BCUT2D eigenvalue weighted by molar-refractivity contribution is 5.91. The lowest BCUT2D eigenvalue weighted by Gasteiger charge is -2.21. The van der Waals surface area contributed by atoms with Crippen molar-refractivity contribution in [3.05, 3.63) is 89.1 Å². The first kappa shape index (κ1) is 20.8. The van der Waals surface area contributed by atoms with Crippen molar-refractivity contribution in [2.45, 2.75) is 26.6 Å². The standard InChI is InChI=1S/C23H27N3O3/c1-18-7-6-10-20(13-18)15-26(14-19-8-4-3-5-9-19)16-22-25-21(17-29-22)23(27)24-11-12-28-2/h3-10,13,17H,11-12,14-16H2,1-2H3,(H,24,27). The molecule has 1 amide bonds. The van der Waals surface area contributed by atoms with Crippen molar-refractivity contribution in [3.8, 4) is 0 Å². The Morgan fingerprint density at radius 2 is 1.83 bits per heavy atom. The van der Waals surface area contributed by atoms with Crippen LogP contribution in [0.25, 0.3) is 0 Å². The molecule has 0 fully saturated rings. The Bertz CT molecular complexity index is 908. The van der Waals surface area contributed by atoms with Gasteiger partial charge in [0, 0.05) is 26.7 Å².